The number of hydrogen-bond acceptors (Lipinski definition) is 7. The van der Waals surface area contributed by atoms with E-state index in [2.05, 4.69) is 15.5 Å². The van der Waals surface area contributed by atoms with Gasteiger partial charge < -0.3 is 0 Å². The maximum absolute atomic E-state index is 12.2. The molecular weight excluding hydrogens is 368 g/mol. The lowest BCUT2D eigenvalue weighted by atomic mass is 10.2. The van der Waals surface area contributed by atoms with E-state index in [0.29, 0.717) is 10.8 Å². The lowest BCUT2D eigenvalue weighted by Crippen LogP contribution is -2.37. The smallest absolute Gasteiger partial charge is 0.246 e. The van der Waals surface area contributed by atoms with Gasteiger partial charge in [0.25, 0.3) is 0 Å². The molecule has 0 atom stereocenters. The highest BCUT2D eigenvalue weighted by Gasteiger charge is 2.21. The third kappa shape index (κ3) is 5.18. The number of rotatable bonds is 7. The van der Waals surface area contributed by atoms with Gasteiger partial charge in [-0.2, -0.15) is 0 Å². The number of carbonyl (C=O) groups excluding carboxylic acids is 1. The van der Waals surface area contributed by atoms with Gasteiger partial charge in [-0.3, -0.25) is 14.4 Å². The third-order valence-corrected chi connectivity index (χ3v) is 5.89. The van der Waals surface area contributed by atoms with E-state index in [-0.39, 0.29) is 6.54 Å². The molecule has 0 saturated heterocycles. The summed E-state index contributed by atoms with van der Waals surface area (Å²) in [4.78, 5) is 12.2. The summed E-state index contributed by atoms with van der Waals surface area (Å²) in [6.07, 6.45) is 1.07. The number of benzene rings is 1. The van der Waals surface area contributed by atoms with Gasteiger partial charge in [0.2, 0.25) is 21.1 Å². The first-order chi connectivity index (χ1) is 11.3. The van der Waals surface area contributed by atoms with Gasteiger partial charge >= 0.3 is 0 Å². The minimum atomic E-state index is -3.59. The molecule has 1 heterocycles. The van der Waals surface area contributed by atoms with Crippen LogP contribution in [-0.4, -0.2) is 43.1 Å². The summed E-state index contributed by atoms with van der Waals surface area (Å²) in [6, 6.07) is 6.98. The van der Waals surface area contributed by atoms with Gasteiger partial charge in [0, 0.05) is 0 Å². The van der Waals surface area contributed by atoms with Crippen LogP contribution in [0.25, 0.3) is 0 Å². The second kappa shape index (κ2) is 7.95. The molecule has 130 valence electrons. The number of amides is 1. The van der Waals surface area contributed by atoms with Gasteiger partial charge in [-0.25, -0.2) is 8.42 Å². The van der Waals surface area contributed by atoms with E-state index in [1.807, 2.05) is 19.9 Å². The SMILES string of the molecule is CCSc1nnc(NC(=O)CN(c2cccc(C)c2)S(C)(=O)=O)s1. The van der Waals surface area contributed by atoms with Gasteiger partial charge in [-0.15, -0.1) is 10.2 Å². The van der Waals surface area contributed by atoms with Crippen molar-refractivity contribution in [2.75, 3.05) is 28.2 Å². The van der Waals surface area contributed by atoms with Crippen molar-refractivity contribution in [3.05, 3.63) is 29.8 Å². The number of anilines is 2. The fourth-order valence-corrected chi connectivity index (χ4v) is 4.43. The molecule has 0 spiro atoms. The molecule has 1 aromatic heterocycles. The number of aromatic nitrogens is 2. The molecule has 1 N–H and O–H groups in total. The standard InChI is InChI=1S/C14H18N4O3S3/c1-4-22-14-17-16-13(23-14)15-12(19)9-18(24(3,20)21)11-7-5-6-10(2)8-11/h5-8H,4,9H2,1-3H3,(H,15,16,19). The van der Waals surface area contributed by atoms with Gasteiger partial charge in [0.1, 0.15) is 6.54 Å². The highest BCUT2D eigenvalue weighted by atomic mass is 32.2. The first kappa shape index (κ1) is 18.7. The predicted molar refractivity (Wildman–Crippen MR) is 98.3 cm³/mol. The number of nitrogens with zero attached hydrogens (tertiary/aromatic N) is 3. The third-order valence-electron chi connectivity index (χ3n) is 2.90. The average Bonchev–Trinajstić information content (AvgIpc) is 2.91. The maximum Gasteiger partial charge on any atom is 0.246 e. The van der Waals surface area contributed by atoms with E-state index in [1.54, 1.807) is 18.2 Å². The zero-order valence-corrected chi connectivity index (χ0v) is 16.0. The molecule has 0 unspecified atom stereocenters. The van der Waals surface area contributed by atoms with Crippen molar-refractivity contribution < 1.29 is 13.2 Å². The second-order valence-electron chi connectivity index (χ2n) is 4.96. The fraction of sp³-hybridized carbons (Fsp3) is 0.357. The Morgan fingerprint density at radius 3 is 2.75 bits per heavy atom. The molecule has 0 aliphatic rings. The van der Waals surface area contributed by atoms with Crippen molar-refractivity contribution in [2.45, 2.75) is 18.2 Å². The van der Waals surface area contributed by atoms with Gasteiger partial charge in [-0.05, 0) is 30.4 Å². The summed E-state index contributed by atoms with van der Waals surface area (Å²) in [6.45, 7) is 3.53. The highest BCUT2D eigenvalue weighted by molar-refractivity contribution is 8.01. The highest BCUT2D eigenvalue weighted by Crippen LogP contribution is 2.25. The number of aryl methyl sites for hydroxylation is 1. The maximum atomic E-state index is 12.2. The van der Waals surface area contributed by atoms with Gasteiger partial charge in [-0.1, -0.05) is 42.2 Å². The minimum absolute atomic E-state index is 0.321. The summed E-state index contributed by atoms with van der Waals surface area (Å²) in [5.74, 6) is 0.392. The Morgan fingerprint density at radius 1 is 1.38 bits per heavy atom. The summed E-state index contributed by atoms with van der Waals surface area (Å²) < 4.78 is 25.9. The predicted octanol–water partition coefficient (Wildman–Crippen LogP) is 2.36. The van der Waals surface area contributed by atoms with Crippen LogP contribution in [0.2, 0.25) is 0 Å². The Balaban J connectivity index is 2.13. The van der Waals surface area contributed by atoms with Crippen LogP contribution in [0.3, 0.4) is 0 Å². The van der Waals surface area contributed by atoms with Crippen LogP contribution in [0.5, 0.6) is 0 Å². The van der Waals surface area contributed by atoms with E-state index in [9.17, 15) is 13.2 Å². The van der Waals surface area contributed by atoms with Crippen LogP contribution >= 0.6 is 23.1 Å². The van der Waals surface area contributed by atoms with E-state index in [0.717, 1.165) is 26.2 Å². The minimum Gasteiger partial charge on any atom is -0.299 e. The van der Waals surface area contributed by atoms with Crippen LogP contribution < -0.4 is 9.62 Å². The van der Waals surface area contributed by atoms with Gasteiger partial charge in [0.05, 0.1) is 11.9 Å². The lowest BCUT2D eigenvalue weighted by molar-refractivity contribution is -0.114. The van der Waals surface area contributed by atoms with Crippen molar-refractivity contribution >= 4 is 49.8 Å². The lowest BCUT2D eigenvalue weighted by Gasteiger charge is -2.21. The molecule has 0 saturated carbocycles. The van der Waals surface area contributed by atoms with E-state index < -0.39 is 15.9 Å². The number of hydrogen-bond donors (Lipinski definition) is 1. The molecular formula is C14H18N4O3S3. The van der Waals surface area contributed by atoms with Crippen LogP contribution in [-0.2, 0) is 14.8 Å². The van der Waals surface area contributed by atoms with Crippen LogP contribution in [0.1, 0.15) is 12.5 Å². The number of nitrogens with one attached hydrogen (secondary N) is 1. The summed E-state index contributed by atoms with van der Waals surface area (Å²) in [5, 5.41) is 10.8. The Bertz CT molecular complexity index is 820. The van der Waals surface area contributed by atoms with E-state index >= 15 is 0 Å². The summed E-state index contributed by atoms with van der Waals surface area (Å²) in [5.41, 5.74) is 1.36. The second-order valence-corrected chi connectivity index (χ2v) is 9.36. The molecule has 1 aromatic carbocycles. The Hall–Kier alpha value is -1.65. The zero-order chi connectivity index (χ0) is 17.7. The number of carbonyl (C=O) groups is 1. The fourth-order valence-electron chi connectivity index (χ4n) is 1.91. The van der Waals surface area contributed by atoms with Crippen LogP contribution in [0.4, 0.5) is 10.8 Å². The topological polar surface area (TPSA) is 92.3 Å². The monoisotopic (exact) mass is 386 g/mol. The van der Waals surface area contributed by atoms with E-state index in [1.165, 1.54) is 23.1 Å². The first-order valence-corrected chi connectivity index (χ1v) is 10.7. The summed E-state index contributed by atoms with van der Waals surface area (Å²) >= 11 is 2.79. The molecule has 1 amide bonds. The number of sulfonamides is 1. The van der Waals surface area contributed by atoms with Crippen molar-refractivity contribution in [2.24, 2.45) is 0 Å². The average molecular weight is 387 g/mol. The largest absolute Gasteiger partial charge is 0.299 e. The molecule has 0 radical (unpaired) electrons. The van der Waals surface area contributed by atoms with E-state index in [4.69, 9.17) is 0 Å². The number of thioether (sulfide) groups is 1. The first-order valence-electron chi connectivity index (χ1n) is 7.10. The van der Waals surface area contributed by atoms with Crippen molar-refractivity contribution in [3.8, 4) is 0 Å². The molecule has 2 aromatic rings. The zero-order valence-electron chi connectivity index (χ0n) is 13.5. The molecule has 7 nitrogen and oxygen atoms in total. The molecule has 10 heteroatoms. The van der Waals surface area contributed by atoms with Crippen molar-refractivity contribution in [1.29, 1.82) is 0 Å². The van der Waals surface area contributed by atoms with Crippen LogP contribution in [0, 0.1) is 6.92 Å². The molecule has 0 aliphatic heterocycles. The molecule has 24 heavy (non-hydrogen) atoms. The van der Waals surface area contributed by atoms with Crippen molar-refractivity contribution in [1.82, 2.24) is 10.2 Å². The Labute approximate surface area is 149 Å². The van der Waals surface area contributed by atoms with Gasteiger partial charge in [0.15, 0.2) is 4.34 Å². The molecule has 0 aliphatic carbocycles. The quantitative estimate of drug-likeness (QED) is 0.580. The Kier molecular flexibility index (Phi) is 6.19. The normalized spacial score (nSPS) is 11.3. The van der Waals surface area contributed by atoms with Crippen LogP contribution in [0.15, 0.2) is 28.6 Å². The molecule has 0 fully saturated rings. The van der Waals surface area contributed by atoms with Crippen molar-refractivity contribution in [3.63, 3.8) is 0 Å². The molecule has 2 rings (SSSR count). The Morgan fingerprint density at radius 2 is 2.12 bits per heavy atom. The molecule has 0 bridgehead atoms. The summed E-state index contributed by atoms with van der Waals surface area (Å²) in [7, 11) is -3.59.